The molecule has 0 aliphatic carbocycles. The van der Waals surface area contributed by atoms with Crippen LogP contribution in [-0.2, 0) is 30.5 Å². The maximum absolute atomic E-state index is 12.7. The van der Waals surface area contributed by atoms with Crippen LogP contribution in [0.4, 0.5) is 24.5 Å². The number of sulfonamides is 1. The number of ether oxygens (including phenoxy) is 1. The predicted molar refractivity (Wildman–Crippen MR) is 104 cm³/mol. The first-order valence-electron chi connectivity index (χ1n) is 8.75. The highest BCUT2D eigenvalue weighted by Gasteiger charge is 2.31. The van der Waals surface area contributed by atoms with Crippen molar-refractivity contribution < 1.29 is 40.8 Å². The number of hydrogen-bond acceptors (Lipinski definition) is 7. The smallest absolute Gasteiger partial charge is 0.416 e. The lowest BCUT2D eigenvalue weighted by Crippen LogP contribution is -2.28. The van der Waals surface area contributed by atoms with Crippen LogP contribution >= 0.6 is 0 Å². The van der Waals surface area contributed by atoms with Crippen LogP contribution < -0.4 is 10.0 Å². The summed E-state index contributed by atoms with van der Waals surface area (Å²) < 4.78 is 69.0. The minimum Gasteiger partial charge on any atom is -0.456 e. The van der Waals surface area contributed by atoms with E-state index < -0.39 is 63.0 Å². The third-order valence-electron chi connectivity index (χ3n) is 3.80. The van der Waals surface area contributed by atoms with Gasteiger partial charge in [-0.1, -0.05) is 12.1 Å². The van der Waals surface area contributed by atoms with Crippen molar-refractivity contribution in [2.45, 2.75) is 17.5 Å². The molecule has 32 heavy (non-hydrogen) atoms. The molecule has 1 amide bonds. The van der Waals surface area contributed by atoms with Crippen LogP contribution in [0.2, 0.25) is 0 Å². The zero-order chi connectivity index (χ0) is 23.9. The second-order valence-electron chi connectivity index (χ2n) is 6.19. The summed E-state index contributed by atoms with van der Waals surface area (Å²) >= 11 is 0. The van der Waals surface area contributed by atoms with E-state index in [2.05, 4.69) is 10.1 Å². The Bertz CT molecular complexity index is 1120. The number of amides is 1. The Morgan fingerprint density at radius 3 is 2.44 bits per heavy atom. The fraction of sp³-hybridized carbons (Fsp3) is 0.222. The highest BCUT2D eigenvalue weighted by Crippen LogP contribution is 2.30. The van der Waals surface area contributed by atoms with Crippen molar-refractivity contribution in [1.82, 2.24) is 4.72 Å². The summed E-state index contributed by atoms with van der Waals surface area (Å²) in [6.45, 7) is -1.22. The second kappa shape index (κ2) is 10.2. The first-order chi connectivity index (χ1) is 14.9. The number of nitrogens with zero attached hydrogens (tertiary/aromatic N) is 1. The molecule has 2 aromatic carbocycles. The van der Waals surface area contributed by atoms with Gasteiger partial charge in [0, 0.05) is 24.4 Å². The molecule has 2 aromatic rings. The van der Waals surface area contributed by atoms with Gasteiger partial charge >= 0.3 is 12.1 Å². The van der Waals surface area contributed by atoms with E-state index in [-0.39, 0.29) is 11.4 Å². The quantitative estimate of drug-likeness (QED) is 0.322. The molecule has 0 radical (unpaired) electrons. The van der Waals surface area contributed by atoms with Crippen molar-refractivity contribution >= 4 is 33.3 Å². The van der Waals surface area contributed by atoms with Gasteiger partial charge in [-0.15, -0.1) is 0 Å². The Labute approximate surface area is 179 Å². The highest BCUT2D eigenvalue weighted by atomic mass is 32.2. The molecule has 0 aromatic heterocycles. The lowest BCUT2D eigenvalue weighted by Gasteiger charge is -2.10. The zero-order valence-corrected chi connectivity index (χ0v) is 16.9. The number of alkyl halides is 3. The molecule has 0 saturated heterocycles. The van der Waals surface area contributed by atoms with Gasteiger partial charge in [0.2, 0.25) is 10.0 Å². The molecule has 2 rings (SSSR count). The molecule has 2 N–H and O–H groups in total. The van der Waals surface area contributed by atoms with Crippen molar-refractivity contribution in [2.24, 2.45) is 0 Å². The Morgan fingerprint density at radius 2 is 1.78 bits per heavy atom. The SMILES string of the molecule is O=C(COC(=O)CCNS(=O)(=O)c1cccc(C(F)(F)F)c1)Nc1cccc([N+](=O)[O-])c1. The number of carbonyl (C=O) groups is 2. The molecule has 14 heteroatoms. The Hall–Kier alpha value is -3.52. The number of nitro groups is 1. The third-order valence-corrected chi connectivity index (χ3v) is 5.26. The minimum absolute atomic E-state index is 0.106. The molecule has 0 bridgehead atoms. The summed E-state index contributed by atoms with van der Waals surface area (Å²) in [4.78, 5) is 32.9. The zero-order valence-electron chi connectivity index (χ0n) is 16.1. The first kappa shape index (κ1) is 24.7. The van der Waals surface area contributed by atoms with Crippen LogP contribution in [-0.4, -0.2) is 38.4 Å². The molecule has 0 atom stereocenters. The number of esters is 1. The number of benzene rings is 2. The average Bonchev–Trinajstić information content (AvgIpc) is 2.72. The molecular weight excluding hydrogens is 459 g/mol. The van der Waals surface area contributed by atoms with Crippen molar-refractivity contribution in [3.05, 3.63) is 64.2 Å². The van der Waals surface area contributed by atoms with Gasteiger partial charge in [0.15, 0.2) is 6.61 Å². The number of nitrogens with one attached hydrogen (secondary N) is 2. The van der Waals surface area contributed by atoms with E-state index in [1.165, 1.54) is 18.2 Å². The van der Waals surface area contributed by atoms with Gasteiger partial charge in [-0.3, -0.25) is 19.7 Å². The molecule has 0 heterocycles. The van der Waals surface area contributed by atoms with E-state index in [1.807, 2.05) is 4.72 Å². The lowest BCUT2D eigenvalue weighted by molar-refractivity contribution is -0.384. The van der Waals surface area contributed by atoms with E-state index in [0.29, 0.717) is 6.07 Å². The molecule has 0 aliphatic rings. The lowest BCUT2D eigenvalue weighted by atomic mass is 10.2. The monoisotopic (exact) mass is 475 g/mol. The van der Waals surface area contributed by atoms with Gasteiger partial charge in [0.25, 0.3) is 11.6 Å². The predicted octanol–water partition coefficient (Wildman–Crippen LogP) is 2.46. The van der Waals surface area contributed by atoms with Gasteiger partial charge in [-0.2, -0.15) is 13.2 Å². The third kappa shape index (κ3) is 7.31. The van der Waals surface area contributed by atoms with Crippen LogP contribution in [0.1, 0.15) is 12.0 Å². The van der Waals surface area contributed by atoms with Crippen LogP contribution in [0.5, 0.6) is 0 Å². The molecule has 0 spiro atoms. The molecule has 0 fully saturated rings. The average molecular weight is 475 g/mol. The van der Waals surface area contributed by atoms with E-state index >= 15 is 0 Å². The fourth-order valence-electron chi connectivity index (χ4n) is 2.32. The Balaban J connectivity index is 1.81. The number of carbonyl (C=O) groups excluding carboxylic acids is 2. The van der Waals surface area contributed by atoms with E-state index in [4.69, 9.17) is 0 Å². The van der Waals surface area contributed by atoms with Crippen LogP contribution in [0.15, 0.2) is 53.4 Å². The topological polar surface area (TPSA) is 145 Å². The van der Waals surface area contributed by atoms with Crippen molar-refractivity contribution in [3.8, 4) is 0 Å². The van der Waals surface area contributed by atoms with Crippen molar-refractivity contribution in [2.75, 3.05) is 18.5 Å². The molecule has 0 aliphatic heterocycles. The highest BCUT2D eigenvalue weighted by molar-refractivity contribution is 7.89. The minimum atomic E-state index is -4.72. The number of halogens is 3. The summed E-state index contributed by atoms with van der Waals surface area (Å²) in [6, 6.07) is 8.12. The van der Waals surface area contributed by atoms with Gasteiger partial charge in [0.1, 0.15) is 0 Å². The van der Waals surface area contributed by atoms with E-state index in [1.54, 1.807) is 0 Å². The fourth-order valence-corrected chi connectivity index (χ4v) is 3.40. The van der Waals surface area contributed by atoms with Crippen molar-refractivity contribution in [3.63, 3.8) is 0 Å². The maximum atomic E-state index is 12.7. The maximum Gasteiger partial charge on any atom is 0.416 e. The van der Waals surface area contributed by atoms with Gasteiger partial charge in [0.05, 0.1) is 21.8 Å². The Morgan fingerprint density at radius 1 is 1.09 bits per heavy atom. The van der Waals surface area contributed by atoms with Gasteiger partial charge in [-0.05, 0) is 24.3 Å². The summed E-state index contributed by atoms with van der Waals surface area (Å²) in [5, 5.41) is 13.0. The van der Waals surface area contributed by atoms with Crippen LogP contribution in [0, 0.1) is 10.1 Å². The largest absolute Gasteiger partial charge is 0.456 e. The van der Waals surface area contributed by atoms with E-state index in [9.17, 15) is 41.3 Å². The number of non-ortho nitro benzene ring substituents is 1. The second-order valence-corrected chi connectivity index (χ2v) is 7.96. The summed E-state index contributed by atoms with van der Waals surface area (Å²) in [7, 11) is -4.31. The standard InChI is InChI=1S/C18H16F3N3O7S/c19-18(20,21)12-3-1-6-15(9-12)32(29,30)22-8-7-17(26)31-11-16(25)23-13-4-2-5-14(10-13)24(27)28/h1-6,9-10,22H,7-8,11H2,(H,23,25). The number of rotatable bonds is 9. The molecule has 0 saturated carbocycles. The molecule has 0 unspecified atom stereocenters. The normalized spacial score (nSPS) is 11.6. The van der Waals surface area contributed by atoms with Gasteiger partial charge in [-0.25, -0.2) is 13.1 Å². The summed E-state index contributed by atoms with van der Waals surface area (Å²) in [6.07, 6.45) is -5.22. The number of anilines is 1. The molecule has 172 valence electrons. The molecule has 10 nitrogen and oxygen atoms in total. The van der Waals surface area contributed by atoms with Crippen LogP contribution in [0.3, 0.4) is 0 Å². The van der Waals surface area contributed by atoms with Gasteiger partial charge < -0.3 is 10.1 Å². The van der Waals surface area contributed by atoms with E-state index in [0.717, 1.165) is 24.3 Å². The number of hydrogen-bond donors (Lipinski definition) is 2. The van der Waals surface area contributed by atoms with Crippen molar-refractivity contribution in [1.29, 1.82) is 0 Å². The van der Waals surface area contributed by atoms with Crippen LogP contribution in [0.25, 0.3) is 0 Å². The Kier molecular flexibility index (Phi) is 7.88. The number of nitro benzene ring substituents is 1. The summed E-state index contributed by atoms with van der Waals surface area (Å²) in [5.74, 6) is -1.74. The first-order valence-corrected chi connectivity index (χ1v) is 10.2. The summed E-state index contributed by atoms with van der Waals surface area (Å²) in [5.41, 5.74) is -1.29. The molecular formula is C18H16F3N3O7S.